The molecule has 0 saturated carbocycles. The zero-order valence-corrected chi connectivity index (χ0v) is 9.23. The summed E-state index contributed by atoms with van der Waals surface area (Å²) in [4.78, 5) is 25.4. The predicted molar refractivity (Wildman–Crippen MR) is 36.1 cm³/mol. The van der Waals surface area contributed by atoms with Crippen molar-refractivity contribution in [1.29, 1.82) is 0 Å². The van der Waals surface area contributed by atoms with Crippen LogP contribution < -0.4 is 0 Å². The van der Waals surface area contributed by atoms with E-state index in [1.165, 1.54) is 0 Å². The minimum atomic E-state index is -1.25. The molecule has 0 rings (SSSR count). The van der Waals surface area contributed by atoms with Crippen molar-refractivity contribution < 1.29 is 115 Å². The van der Waals surface area contributed by atoms with E-state index in [0.717, 1.165) is 0 Å². The van der Waals surface area contributed by atoms with Gasteiger partial charge >= 0.3 is 15.3 Å². The summed E-state index contributed by atoms with van der Waals surface area (Å²) in [6.07, 6.45) is 0. The molecule has 16 nitrogen and oxygen atoms in total. The molecule has 0 aliphatic rings. The van der Waals surface area contributed by atoms with E-state index in [4.69, 9.17) is 46.0 Å². The summed E-state index contributed by atoms with van der Waals surface area (Å²) in [6, 6.07) is 0. The molecule has 0 heterocycles. The molecule has 0 fully saturated rings. The number of rotatable bonds is 0. The number of hydrogen-bond donors (Lipinski definition) is 6. The molecule has 0 aliphatic heterocycles. The van der Waals surface area contributed by atoms with Gasteiger partial charge in [0.2, 0.25) is 0 Å². The van der Waals surface area contributed by atoms with Crippen LogP contribution in [0.1, 0.15) is 0 Å². The average Bonchev–Trinajstić information content (AvgIpc) is 1.54. The molecule has 0 aromatic rings. The van der Waals surface area contributed by atoms with E-state index in [1.807, 2.05) is 0 Å². The second kappa shape index (κ2) is 46.0. The van der Waals surface area contributed by atoms with E-state index in [9.17, 15) is 0 Å². The van der Waals surface area contributed by atoms with Gasteiger partial charge in [-0.2, -0.15) is 0 Å². The largest absolute Gasteiger partial charge is 0.472 e. The standard InChI is InChI=1S/3H2NO3.4H2O.Yb/c3*2-1(3)4;;;;;/h3*(H2,2,3,4);4*1H2;/q3*+1;;;;;. The van der Waals surface area contributed by atoms with Crippen LogP contribution in [0.15, 0.2) is 0 Å². The van der Waals surface area contributed by atoms with Gasteiger partial charge in [0, 0.05) is 46.9 Å². The molecule has 0 unspecified atom stereocenters. The Balaban J connectivity index is -0.0000000104. The fourth-order valence-electron chi connectivity index (χ4n) is 0. The average molecular weight is 437 g/mol. The Morgan fingerprint density at radius 2 is 0.471 bits per heavy atom. The quantitative estimate of drug-likeness (QED) is 0.198. The van der Waals surface area contributed by atoms with Crippen molar-refractivity contribution in [1.82, 2.24) is 0 Å². The topological polar surface area (TPSA) is 308 Å². The Morgan fingerprint density at radius 3 is 0.471 bits per heavy atom. The van der Waals surface area contributed by atoms with E-state index in [1.54, 1.807) is 0 Å². The molecule has 118 valence electrons. The molecule has 0 aliphatic carbocycles. The van der Waals surface area contributed by atoms with Gasteiger partial charge in [-0.25, -0.2) is 31.2 Å². The van der Waals surface area contributed by atoms with Gasteiger partial charge in [0.1, 0.15) is 14.7 Å². The molecule has 0 radical (unpaired) electrons. The molecule has 0 amide bonds. The summed E-state index contributed by atoms with van der Waals surface area (Å²) in [5, 5.41) is 37.6. The van der Waals surface area contributed by atoms with Gasteiger partial charge in [-0.15, -0.1) is 0 Å². The van der Waals surface area contributed by atoms with E-state index in [-0.39, 0.29) is 68.8 Å². The van der Waals surface area contributed by atoms with Crippen molar-refractivity contribution in [2.75, 3.05) is 0 Å². The van der Waals surface area contributed by atoms with Crippen LogP contribution >= 0.6 is 0 Å². The Morgan fingerprint density at radius 1 is 0.471 bits per heavy atom. The van der Waals surface area contributed by atoms with Crippen LogP contribution in [0.3, 0.4) is 0 Å². The monoisotopic (exact) mass is 438 g/mol. The maximum absolute atomic E-state index is 8.47. The fourth-order valence-corrected chi connectivity index (χ4v) is 0. The van der Waals surface area contributed by atoms with Crippen molar-refractivity contribution in [3.05, 3.63) is 14.7 Å². The Kier molecular flexibility index (Phi) is 153. The van der Waals surface area contributed by atoms with Crippen LogP contribution in [0.4, 0.5) is 0 Å². The fraction of sp³-hybridized carbons (Fsp3) is 0. The Hall–Kier alpha value is -1.04. The second-order valence-electron chi connectivity index (χ2n) is 0.758. The van der Waals surface area contributed by atoms with Gasteiger partial charge in [-0.3, -0.25) is 0 Å². The first kappa shape index (κ1) is 56.4. The molecule has 0 spiro atoms. The van der Waals surface area contributed by atoms with Gasteiger partial charge in [0.15, 0.2) is 0 Å². The van der Waals surface area contributed by atoms with Gasteiger partial charge in [0.25, 0.3) is 0 Å². The van der Waals surface area contributed by atoms with Gasteiger partial charge in [0.05, 0.1) is 0 Å². The molecule has 0 aromatic heterocycles. The second-order valence-corrected chi connectivity index (χ2v) is 0.758. The SMILES string of the molecule is O.O.O.O.O=[N+](O)O.O=[N+](O)O.O=[N+](O)O.[Yb]. The molecular weight excluding hydrogens is 423 g/mol. The third-order valence-electron chi connectivity index (χ3n) is 0. The van der Waals surface area contributed by atoms with Crippen LogP contribution in [0, 0.1) is 61.6 Å². The molecule has 17 heavy (non-hydrogen) atoms. The zero-order chi connectivity index (χ0) is 10.7. The summed E-state index contributed by atoms with van der Waals surface area (Å²) >= 11 is 0. The summed E-state index contributed by atoms with van der Waals surface area (Å²) in [6.45, 7) is 0. The van der Waals surface area contributed by atoms with Crippen molar-refractivity contribution in [2.24, 2.45) is 0 Å². The van der Waals surface area contributed by atoms with Crippen LogP contribution in [-0.4, -0.2) is 68.4 Å². The first-order valence-corrected chi connectivity index (χ1v) is 1.75. The maximum atomic E-state index is 8.47. The minimum absolute atomic E-state index is 0. The van der Waals surface area contributed by atoms with Crippen LogP contribution in [-0.2, 0) is 0 Å². The number of nitrogens with zero attached hydrogens (tertiary/aromatic N) is 3. The molecule has 0 atom stereocenters. The Bertz CT molecular complexity index is 114. The molecule has 17 heteroatoms. The van der Waals surface area contributed by atoms with E-state index < -0.39 is 15.3 Å². The summed E-state index contributed by atoms with van der Waals surface area (Å²) in [5.74, 6) is 0. The molecular formula is H14N3O13Yb+3. The molecule has 0 aromatic carbocycles. The van der Waals surface area contributed by atoms with E-state index in [0.29, 0.717) is 0 Å². The molecule has 0 bridgehead atoms. The van der Waals surface area contributed by atoms with Crippen LogP contribution in [0.5, 0.6) is 0 Å². The van der Waals surface area contributed by atoms with Crippen molar-refractivity contribution >= 4 is 0 Å². The number of hydrogen-bond acceptors (Lipinski definition) is 3. The third kappa shape index (κ3) is 2320. The van der Waals surface area contributed by atoms with Crippen LogP contribution in [0.25, 0.3) is 0 Å². The first-order chi connectivity index (χ1) is 5.20. The molecule has 0 saturated heterocycles. The van der Waals surface area contributed by atoms with Crippen molar-refractivity contribution in [2.45, 2.75) is 0 Å². The van der Waals surface area contributed by atoms with Crippen LogP contribution in [0.2, 0.25) is 0 Å². The van der Waals surface area contributed by atoms with Crippen molar-refractivity contribution in [3.63, 3.8) is 0 Å². The summed E-state index contributed by atoms with van der Waals surface area (Å²) in [5.41, 5.74) is 0. The smallest absolute Gasteiger partial charge is 0.412 e. The minimum Gasteiger partial charge on any atom is -0.412 e. The first-order valence-electron chi connectivity index (χ1n) is 1.75. The van der Waals surface area contributed by atoms with Gasteiger partial charge in [-0.1, -0.05) is 0 Å². The summed E-state index contributed by atoms with van der Waals surface area (Å²) in [7, 11) is 0. The zero-order valence-electron chi connectivity index (χ0n) is 7.52. The third-order valence-corrected chi connectivity index (χ3v) is 0. The normalized spacial score (nSPS) is 4.24. The Labute approximate surface area is 129 Å². The summed E-state index contributed by atoms with van der Waals surface area (Å²) < 4.78 is 0. The van der Waals surface area contributed by atoms with Gasteiger partial charge < -0.3 is 21.9 Å². The van der Waals surface area contributed by atoms with Crippen molar-refractivity contribution in [3.8, 4) is 0 Å². The van der Waals surface area contributed by atoms with E-state index >= 15 is 0 Å². The maximum Gasteiger partial charge on any atom is 0.472 e. The van der Waals surface area contributed by atoms with Gasteiger partial charge in [-0.05, 0) is 0 Å². The predicted octanol–water partition coefficient (Wildman–Crippen LogP) is -4.67. The molecule has 14 N–H and O–H groups in total. The van der Waals surface area contributed by atoms with E-state index in [2.05, 4.69) is 0 Å².